The van der Waals surface area contributed by atoms with Crippen molar-refractivity contribution < 1.29 is 4.74 Å². The summed E-state index contributed by atoms with van der Waals surface area (Å²) >= 11 is 0. The van der Waals surface area contributed by atoms with Gasteiger partial charge in [0.25, 0.3) is 0 Å². The Bertz CT molecular complexity index is 205. The first-order valence-electron chi connectivity index (χ1n) is 3.60. The van der Waals surface area contributed by atoms with Crippen LogP contribution >= 0.6 is 0 Å². The zero-order valence-electron chi connectivity index (χ0n) is 6.58. The number of ether oxygens (including phenoxy) is 1. The van der Waals surface area contributed by atoms with Crippen LogP contribution < -0.4 is 10.5 Å². The van der Waals surface area contributed by atoms with Gasteiger partial charge in [0.15, 0.2) is 0 Å². The molecule has 0 heterocycles. The van der Waals surface area contributed by atoms with Gasteiger partial charge in [0.2, 0.25) is 0 Å². The first-order valence-corrected chi connectivity index (χ1v) is 3.60. The fourth-order valence-corrected chi connectivity index (χ4v) is 0.921. The molecule has 0 fully saturated rings. The fourth-order valence-electron chi connectivity index (χ4n) is 0.921. The van der Waals surface area contributed by atoms with Crippen LogP contribution in [-0.4, -0.2) is 13.7 Å². The summed E-state index contributed by atoms with van der Waals surface area (Å²) in [5.74, 6) is 0.853. The van der Waals surface area contributed by atoms with Crippen molar-refractivity contribution in [1.29, 1.82) is 0 Å². The van der Waals surface area contributed by atoms with Crippen molar-refractivity contribution in [2.45, 2.75) is 6.42 Å². The molecule has 2 nitrogen and oxygen atoms in total. The molecular formula is C9H11NO. The van der Waals surface area contributed by atoms with Crippen LogP contribution in [0.4, 0.5) is 0 Å². The Hall–Kier alpha value is -1.02. The smallest absolute Gasteiger partial charge is 0.118 e. The van der Waals surface area contributed by atoms with Gasteiger partial charge in [-0.3, -0.25) is 0 Å². The van der Waals surface area contributed by atoms with Crippen molar-refractivity contribution in [3.8, 4) is 5.75 Å². The van der Waals surface area contributed by atoms with E-state index in [-0.39, 0.29) is 6.54 Å². The third-order valence-electron chi connectivity index (χ3n) is 1.56. The molecule has 0 saturated heterocycles. The van der Waals surface area contributed by atoms with Crippen LogP contribution in [0.25, 0.3) is 0 Å². The van der Waals surface area contributed by atoms with E-state index < -0.39 is 0 Å². The lowest BCUT2D eigenvalue weighted by Gasteiger charge is -2.00. The van der Waals surface area contributed by atoms with Gasteiger partial charge in [-0.05, 0) is 24.1 Å². The second kappa shape index (κ2) is 3.98. The Morgan fingerprint density at radius 2 is 1.91 bits per heavy atom. The van der Waals surface area contributed by atoms with Crippen LogP contribution in [-0.2, 0) is 6.42 Å². The summed E-state index contributed by atoms with van der Waals surface area (Å²) in [7, 11) is 1.64. The normalized spacial score (nSPS) is 9.64. The molecule has 58 valence electrons. The maximum atomic E-state index is 8.61. The van der Waals surface area contributed by atoms with Crippen LogP contribution in [0.15, 0.2) is 24.3 Å². The highest BCUT2D eigenvalue weighted by Crippen LogP contribution is 2.10. The van der Waals surface area contributed by atoms with Crippen LogP contribution in [0.1, 0.15) is 5.56 Å². The third-order valence-corrected chi connectivity index (χ3v) is 1.56. The Morgan fingerprint density at radius 3 is 2.36 bits per heavy atom. The maximum absolute atomic E-state index is 8.61. The highest BCUT2D eigenvalue weighted by Gasteiger charge is 1.91. The Balaban J connectivity index is 2.66. The van der Waals surface area contributed by atoms with Gasteiger partial charge >= 0.3 is 0 Å². The molecule has 0 unspecified atom stereocenters. The SMILES string of the molecule is COc1ccc(CC[N])cc1. The third kappa shape index (κ3) is 2.24. The molecule has 0 saturated carbocycles. The average molecular weight is 149 g/mol. The predicted molar refractivity (Wildman–Crippen MR) is 43.7 cm³/mol. The zero-order chi connectivity index (χ0) is 8.10. The standard InChI is InChI=1S/C9H11NO/c1-11-9-4-2-8(3-5-9)6-7-10/h2-5H,6-7H2,1H3. The highest BCUT2D eigenvalue weighted by atomic mass is 16.5. The minimum absolute atomic E-state index is 0.201. The van der Waals surface area contributed by atoms with Crippen molar-refractivity contribution in [1.82, 2.24) is 5.73 Å². The summed E-state index contributed by atoms with van der Waals surface area (Å²) in [6, 6.07) is 7.69. The second-order valence-corrected chi connectivity index (χ2v) is 2.32. The van der Waals surface area contributed by atoms with Gasteiger partial charge < -0.3 is 4.74 Å². The molecular weight excluding hydrogens is 138 g/mol. The maximum Gasteiger partial charge on any atom is 0.118 e. The topological polar surface area (TPSA) is 31.5 Å². The summed E-state index contributed by atoms with van der Waals surface area (Å²) < 4.78 is 4.98. The molecule has 0 aliphatic rings. The average Bonchev–Trinajstić information content (AvgIpc) is 2.07. The molecule has 0 N–H and O–H groups in total. The number of benzene rings is 1. The molecule has 0 aliphatic carbocycles. The Morgan fingerprint density at radius 1 is 1.27 bits per heavy atom. The Labute approximate surface area is 67.0 Å². The van der Waals surface area contributed by atoms with Gasteiger partial charge in [-0.2, -0.15) is 0 Å². The largest absolute Gasteiger partial charge is 0.497 e. The highest BCUT2D eigenvalue weighted by molar-refractivity contribution is 5.27. The van der Waals surface area contributed by atoms with Gasteiger partial charge in [0.1, 0.15) is 5.75 Å². The molecule has 0 aromatic heterocycles. The molecule has 1 rings (SSSR count). The van der Waals surface area contributed by atoms with E-state index in [1.165, 1.54) is 0 Å². The van der Waals surface area contributed by atoms with Crippen LogP contribution in [0.2, 0.25) is 0 Å². The summed E-state index contributed by atoms with van der Waals surface area (Å²) in [4.78, 5) is 0. The Kier molecular flexibility index (Phi) is 2.93. The lowest BCUT2D eigenvalue weighted by molar-refractivity contribution is 0.414. The van der Waals surface area contributed by atoms with E-state index in [0.29, 0.717) is 6.42 Å². The van der Waals surface area contributed by atoms with Crippen LogP contribution in [0, 0.1) is 0 Å². The summed E-state index contributed by atoms with van der Waals surface area (Å²) in [5.41, 5.74) is 9.75. The lowest BCUT2D eigenvalue weighted by atomic mass is 10.1. The second-order valence-electron chi connectivity index (χ2n) is 2.32. The quantitative estimate of drug-likeness (QED) is 0.637. The molecule has 11 heavy (non-hydrogen) atoms. The number of hydrogen-bond donors (Lipinski definition) is 0. The van der Waals surface area contributed by atoms with Crippen molar-refractivity contribution in [3.05, 3.63) is 29.8 Å². The van der Waals surface area contributed by atoms with E-state index in [1.54, 1.807) is 7.11 Å². The van der Waals surface area contributed by atoms with E-state index in [1.807, 2.05) is 24.3 Å². The summed E-state index contributed by atoms with van der Waals surface area (Å²) in [5, 5.41) is 0. The van der Waals surface area contributed by atoms with E-state index >= 15 is 0 Å². The monoisotopic (exact) mass is 149 g/mol. The van der Waals surface area contributed by atoms with Crippen molar-refractivity contribution in [3.63, 3.8) is 0 Å². The van der Waals surface area contributed by atoms with E-state index in [9.17, 15) is 0 Å². The van der Waals surface area contributed by atoms with E-state index in [4.69, 9.17) is 10.5 Å². The summed E-state index contributed by atoms with van der Waals surface area (Å²) in [6.45, 7) is 0.201. The summed E-state index contributed by atoms with van der Waals surface area (Å²) in [6.07, 6.45) is 0.712. The van der Waals surface area contributed by atoms with Gasteiger partial charge in [-0.1, -0.05) is 12.1 Å². The molecule has 1 aromatic rings. The minimum atomic E-state index is 0.201. The van der Waals surface area contributed by atoms with E-state index in [2.05, 4.69) is 0 Å². The molecule has 0 aliphatic heterocycles. The molecule has 2 radical (unpaired) electrons. The van der Waals surface area contributed by atoms with Crippen LogP contribution in [0.5, 0.6) is 5.75 Å². The molecule has 0 spiro atoms. The molecule has 0 amide bonds. The van der Waals surface area contributed by atoms with Crippen LogP contribution in [0.3, 0.4) is 0 Å². The lowest BCUT2D eigenvalue weighted by Crippen LogP contribution is -1.91. The van der Waals surface area contributed by atoms with Crippen molar-refractivity contribution in [2.75, 3.05) is 13.7 Å². The molecule has 2 heteroatoms. The molecule has 0 atom stereocenters. The fraction of sp³-hybridized carbons (Fsp3) is 0.333. The van der Waals surface area contributed by atoms with Gasteiger partial charge in [0.05, 0.1) is 7.11 Å². The number of rotatable bonds is 3. The van der Waals surface area contributed by atoms with Crippen molar-refractivity contribution in [2.24, 2.45) is 0 Å². The van der Waals surface area contributed by atoms with Gasteiger partial charge in [-0.25, -0.2) is 0 Å². The molecule has 0 bridgehead atoms. The first-order chi connectivity index (χ1) is 5.36. The number of methoxy groups -OCH3 is 1. The predicted octanol–water partition coefficient (Wildman–Crippen LogP) is 1.31. The number of nitrogens with zero attached hydrogens (tertiary/aromatic N) is 1. The number of hydrogen-bond acceptors (Lipinski definition) is 1. The first kappa shape index (κ1) is 8.08. The molecule has 1 aromatic carbocycles. The van der Waals surface area contributed by atoms with Gasteiger partial charge in [0, 0.05) is 6.54 Å². The van der Waals surface area contributed by atoms with E-state index in [0.717, 1.165) is 11.3 Å². The minimum Gasteiger partial charge on any atom is -0.497 e. The zero-order valence-corrected chi connectivity index (χ0v) is 6.58. The van der Waals surface area contributed by atoms with Crippen molar-refractivity contribution >= 4 is 0 Å². The van der Waals surface area contributed by atoms with Gasteiger partial charge in [-0.15, -0.1) is 5.73 Å².